The summed E-state index contributed by atoms with van der Waals surface area (Å²) in [6, 6.07) is 4.68. The molecule has 1 rings (SSSR count). The van der Waals surface area contributed by atoms with Crippen LogP contribution in [-0.4, -0.2) is 30.3 Å². The highest BCUT2D eigenvalue weighted by Crippen LogP contribution is 2.23. The third kappa shape index (κ3) is 3.32. The molecule has 0 saturated heterocycles. The van der Waals surface area contributed by atoms with Crippen molar-refractivity contribution in [1.82, 2.24) is 0 Å². The zero-order chi connectivity index (χ0) is 13.7. The van der Waals surface area contributed by atoms with Crippen molar-refractivity contribution < 1.29 is 19.1 Å². The van der Waals surface area contributed by atoms with Crippen LogP contribution in [0.15, 0.2) is 18.2 Å². The van der Waals surface area contributed by atoms with Gasteiger partial charge in [-0.3, -0.25) is 4.79 Å². The Balaban J connectivity index is 3.11. The molecule has 18 heavy (non-hydrogen) atoms. The second-order valence-electron chi connectivity index (χ2n) is 3.62. The number of halogens is 1. The summed E-state index contributed by atoms with van der Waals surface area (Å²) < 4.78 is 10.0. The summed E-state index contributed by atoms with van der Waals surface area (Å²) >= 11 is 3.21. The summed E-state index contributed by atoms with van der Waals surface area (Å²) in [6.07, 6.45) is 0. The van der Waals surface area contributed by atoms with Crippen LogP contribution < -0.4 is 4.74 Å². The maximum Gasteiger partial charge on any atom is 0.341 e. The quantitative estimate of drug-likeness (QED) is 0.476. The number of carbonyl (C=O) groups is 2. The van der Waals surface area contributed by atoms with Gasteiger partial charge in [-0.1, -0.05) is 22.0 Å². The number of methoxy groups -OCH3 is 1. The van der Waals surface area contributed by atoms with Crippen LogP contribution in [0.4, 0.5) is 0 Å². The number of Topliss-reactive ketones (excluding diaryl/α,β-unsaturated/α-hetero) is 1. The summed E-state index contributed by atoms with van der Waals surface area (Å²) in [5, 5.41) is 0. The smallest absolute Gasteiger partial charge is 0.341 e. The standard InChI is InChI=1S/C13H15BrO4/c1-4-18-13(16)10-6-5-9(7-11(10)17-3)12(15)8(2)14/h5-8H,4H2,1-3H3. The van der Waals surface area contributed by atoms with Crippen molar-refractivity contribution in [2.75, 3.05) is 13.7 Å². The zero-order valence-corrected chi connectivity index (χ0v) is 12.1. The molecule has 1 aromatic carbocycles. The van der Waals surface area contributed by atoms with Gasteiger partial charge in [-0.15, -0.1) is 0 Å². The molecule has 0 aliphatic heterocycles. The first-order chi connectivity index (χ1) is 8.51. The minimum absolute atomic E-state index is 0.0660. The molecular weight excluding hydrogens is 300 g/mol. The number of hydrogen-bond acceptors (Lipinski definition) is 4. The molecule has 1 atom stereocenters. The fourth-order valence-electron chi connectivity index (χ4n) is 1.45. The van der Waals surface area contributed by atoms with E-state index in [1.807, 2.05) is 0 Å². The van der Waals surface area contributed by atoms with Gasteiger partial charge in [0, 0.05) is 5.56 Å². The first-order valence-corrected chi connectivity index (χ1v) is 6.46. The van der Waals surface area contributed by atoms with Gasteiger partial charge in [-0.05, 0) is 26.0 Å². The lowest BCUT2D eigenvalue weighted by Crippen LogP contribution is -2.12. The van der Waals surface area contributed by atoms with Gasteiger partial charge in [-0.2, -0.15) is 0 Å². The lowest BCUT2D eigenvalue weighted by Gasteiger charge is -2.10. The SMILES string of the molecule is CCOC(=O)c1ccc(C(=O)C(C)Br)cc1OC. The Labute approximate surface area is 114 Å². The summed E-state index contributed by atoms with van der Waals surface area (Å²) in [5.74, 6) is -0.184. The molecule has 4 nitrogen and oxygen atoms in total. The molecule has 5 heteroatoms. The maximum absolute atomic E-state index is 11.8. The van der Waals surface area contributed by atoms with Gasteiger partial charge < -0.3 is 9.47 Å². The molecule has 0 N–H and O–H groups in total. The fourth-order valence-corrected chi connectivity index (χ4v) is 1.72. The number of hydrogen-bond donors (Lipinski definition) is 0. The molecule has 1 aromatic rings. The number of rotatable bonds is 5. The Morgan fingerprint density at radius 1 is 1.39 bits per heavy atom. The number of alkyl halides is 1. The predicted molar refractivity (Wildman–Crippen MR) is 71.7 cm³/mol. The lowest BCUT2D eigenvalue weighted by atomic mass is 10.1. The number of benzene rings is 1. The summed E-state index contributed by atoms with van der Waals surface area (Å²) in [5.41, 5.74) is 0.808. The molecule has 0 fully saturated rings. The molecule has 0 amide bonds. The van der Waals surface area contributed by atoms with E-state index in [9.17, 15) is 9.59 Å². The Morgan fingerprint density at radius 3 is 2.56 bits per heavy atom. The van der Waals surface area contributed by atoms with Crippen LogP contribution in [0.3, 0.4) is 0 Å². The molecule has 1 unspecified atom stereocenters. The fraction of sp³-hybridized carbons (Fsp3) is 0.385. The highest BCUT2D eigenvalue weighted by atomic mass is 79.9. The lowest BCUT2D eigenvalue weighted by molar-refractivity contribution is 0.0522. The molecule has 0 aliphatic rings. The summed E-state index contributed by atoms with van der Waals surface area (Å²) in [6.45, 7) is 3.77. The van der Waals surface area contributed by atoms with Crippen LogP contribution in [0.1, 0.15) is 34.6 Å². The van der Waals surface area contributed by atoms with Crippen LogP contribution >= 0.6 is 15.9 Å². The number of carbonyl (C=O) groups excluding carboxylic acids is 2. The largest absolute Gasteiger partial charge is 0.496 e. The van der Waals surface area contributed by atoms with Crippen molar-refractivity contribution in [3.05, 3.63) is 29.3 Å². The molecule has 98 valence electrons. The van der Waals surface area contributed by atoms with Crippen LogP contribution in [0.5, 0.6) is 5.75 Å². The average Bonchev–Trinajstić information content (AvgIpc) is 2.37. The third-order valence-electron chi connectivity index (χ3n) is 2.34. The topological polar surface area (TPSA) is 52.6 Å². The highest BCUT2D eigenvalue weighted by Gasteiger charge is 2.18. The van der Waals surface area contributed by atoms with E-state index in [0.717, 1.165) is 0 Å². The van der Waals surface area contributed by atoms with Crippen LogP contribution in [0, 0.1) is 0 Å². The molecule has 0 bridgehead atoms. The van der Waals surface area contributed by atoms with E-state index in [0.29, 0.717) is 23.5 Å². The van der Waals surface area contributed by atoms with E-state index in [1.165, 1.54) is 7.11 Å². The van der Waals surface area contributed by atoms with E-state index >= 15 is 0 Å². The summed E-state index contributed by atoms with van der Waals surface area (Å²) in [7, 11) is 1.45. The van der Waals surface area contributed by atoms with Crippen LogP contribution in [0.2, 0.25) is 0 Å². The van der Waals surface area contributed by atoms with E-state index < -0.39 is 5.97 Å². The van der Waals surface area contributed by atoms with Crippen molar-refractivity contribution in [2.24, 2.45) is 0 Å². The molecule has 0 spiro atoms. The van der Waals surface area contributed by atoms with E-state index in [-0.39, 0.29) is 10.6 Å². The maximum atomic E-state index is 11.8. The van der Waals surface area contributed by atoms with Gasteiger partial charge >= 0.3 is 5.97 Å². The van der Waals surface area contributed by atoms with E-state index in [1.54, 1.807) is 32.0 Å². The van der Waals surface area contributed by atoms with Gasteiger partial charge in [-0.25, -0.2) is 4.79 Å². The Kier molecular flexibility index (Phi) is 5.34. The number of esters is 1. The van der Waals surface area contributed by atoms with Gasteiger partial charge in [0.1, 0.15) is 11.3 Å². The minimum Gasteiger partial charge on any atom is -0.496 e. The van der Waals surface area contributed by atoms with Crippen molar-refractivity contribution >= 4 is 27.7 Å². The van der Waals surface area contributed by atoms with Crippen LogP contribution in [-0.2, 0) is 4.74 Å². The predicted octanol–water partition coefficient (Wildman–Crippen LogP) is 2.84. The molecule has 0 heterocycles. The van der Waals surface area contributed by atoms with E-state index in [4.69, 9.17) is 9.47 Å². The second-order valence-corrected chi connectivity index (χ2v) is 4.99. The van der Waals surface area contributed by atoms with Crippen molar-refractivity contribution in [2.45, 2.75) is 18.7 Å². The van der Waals surface area contributed by atoms with Crippen molar-refractivity contribution in [1.29, 1.82) is 0 Å². The Bertz CT molecular complexity index is 454. The molecule has 0 aliphatic carbocycles. The Morgan fingerprint density at radius 2 is 2.06 bits per heavy atom. The first kappa shape index (κ1) is 14.7. The molecular formula is C13H15BrO4. The number of ketones is 1. The number of ether oxygens (including phenoxy) is 2. The van der Waals surface area contributed by atoms with Gasteiger partial charge in [0.15, 0.2) is 5.78 Å². The van der Waals surface area contributed by atoms with Crippen molar-refractivity contribution in [3.8, 4) is 5.75 Å². The van der Waals surface area contributed by atoms with Crippen LogP contribution in [0.25, 0.3) is 0 Å². The highest BCUT2D eigenvalue weighted by molar-refractivity contribution is 9.10. The normalized spacial score (nSPS) is 11.8. The second kappa shape index (κ2) is 6.54. The first-order valence-electron chi connectivity index (χ1n) is 5.54. The van der Waals surface area contributed by atoms with Gasteiger partial charge in [0.25, 0.3) is 0 Å². The summed E-state index contributed by atoms with van der Waals surface area (Å²) in [4.78, 5) is 23.2. The minimum atomic E-state index is -0.458. The van der Waals surface area contributed by atoms with Gasteiger partial charge in [0.2, 0.25) is 0 Å². The third-order valence-corrected chi connectivity index (χ3v) is 2.76. The molecule has 0 saturated carbocycles. The Hall–Kier alpha value is -1.36. The van der Waals surface area contributed by atoms with Crippen molar-refractivity contribution in [3.63, 3.8) is 0 Å². The van der Waals surface area contributed by atoms with E-state index in [2.05, 4.69) is 15.9 Å². The monoisotopic (exact) mass is 314 g/mol. The van der Waals surface area contributed by atoms with Gasteiger partial charge in [0.05, 0.1) is 18.5 Å². The molecule has 0 aromatic heterocycles. The average molecular weight is 315 g/mol. The molecule has 0 radical (unpaired) electrons. The zero-order valence-electron chi connectivity index (χ0n) is 10.5.